The van der Waals surface area contributed by atoms with Gasteiger partial charge in [-0.1, -0.05) is 30.3 Å². The summed E-state index contributed by atoms with van der Waals surface area (Å²) in [6, 6.07) is 9.10. The largest absolute Gasteiger partial charge is 0.394 e. The molecule has 1 aromatic carbocycles. The lowest BCUT2D eigenvalue weighted by molar-refractivity contribution is -0.396. The van der Waals surface area contributed by atoms with Crippen LogP contribution < -0.4 is 0 Å². The number of carbonyl (C=O) groups excluding carboxylic acids is 1. The molecule has 14 bridgehead atoms. The molecule has 0 saturated carbocycles. The summed E-state index contributed by atoms with van der Waals surface area (Å²) >= 11 is 0. The predicted molar refractivity (Wildman–Crippen MR) is 260 cm³/mol. The van der Waals surface area contributed by atoms with E-state index < -0.39 is 261 Å². The van der Waals surface area contributed by atoms with Gasteiger partial charge >= 0.3 is 0 Å². The summed E-state index contributed by atoms with van der Waals surface area (Å²) in [5.41, 5.74) is 0.729. The maximum absolute atomic E-state index is 11.3. The number of hydrogen-bond acceptors (Lipinski definition) is 36. The molecule has 21 heterocycles. The van der Waals surface area contributed by atoms with Gasteiger partial charge in [0.2, 0.25) is 0 Å². The van der Waals surface area contributed by atoms with Gasteiger partial charge < -0.3 is 174 Å². The maximum atomic E-state index is 11.3. The van der Waals surface area contributed by atoms with Gasteiger partial charge in [0.25, 0.3) is 0 Å². The summed E-state index contributed by atoms with van der Waals surface area (Å²) in [7, 11) is 0. The average molecular weight is 1240 g/mol. The molecule has 1 aromatic rings. The molecule has 21 fully saturated rings. The molecule has 36 nitrogen and oxygen atoms in total. The maximum Gasteiger partial charge on any atom is 0.187 e. The Labute approximate surface area is 481 Å². The fourth-order valence-electron chi connectivity index (χ4n) is 10.9. The number of carbonyl (C=O) groups is 1. The van der Waals surface area contributed by atoms with Crippen molar-refractivity contribution in [2.45, 2.75) is 215 Å². The molecule has 0 unspecified atom stereocenters. The molecule has 36 heteroatoms. The van der Waals surface area contributed by atoms with Gasteiger partial charge in [-0.3, -0.25) is 4.79 Å². The number of aliphatic hydroxyl groups is 21. The van der Waals surface area contributed by atoms with Gasteiger partial charge in [0.05, 0.1) is 46.2 Å². The van der Waals surface area contributed by atoms with E-state index >= 15 is 0 Å². The first-order valence-electron chi connectivity index (χ1n) is 27.1. The molecule has 21 aliphatic rings. The van der Waals surface area contributed by atoms with E-state index in [-0.39, 0.29) is 0 Å². The van der Waals surface area contributed by atoms with Crippen molar-refractivity contribution in [2.75, 3.05) is 46.2 Å². The number of benzene rings is 1. The minimum Gasteiger partial charge on any atom is -0.394 e. The summed E-state index contributed by atoms with van der Waals surface area (Å²) in [6.07, 6.45) is -69.4. The van der Waals surface area contributed by atoms with Crippen LogP contribution in [-0.4, -0.2) is 375 Å². The summed E-state index contributed by atoms with van der Waals surface area (Å²) < 4.78 is 79.5. The normalized spacial score (nSPS) is 51.0. The van der Waals surface area contributed by atoms with Crippen LogP contribution in [0.5, 0.6) is 0 Å². The zero-order chi connectivity index (χ0) is 61.9. The quantitative estimate of drug-likeness (QED) is 0.107. The highest BCUT2D eigenvalue weighted by Crippen LogP contribution is 2.39. The molecule has 488 valence electrons. The number of ether oxygens (including phenoxy) is 14. The van der Waals surface area contributed by atoms with Crippen LogP contribution in [0, 0.1) is 0 Å². The van der Waals surface area contributed by atoms with Crippen LogP contribution in [0.3, 0.4) is 0 Å². The molecular weight excluding hydrogens is 1160 g/mol. The van der Waals surface area contributed by atoms with Gasteiger partial charge in [-0.15, -0.1) is 0 Å². The Balaban J connectivity index is 0.00000108. The zero-order valence-corrected chi connectivity index (χ0v) is 44.6. The van der Waals surface area contributed by atoms with Gasteiger partial charge in [0, 0.05) is 5.56 Å². The second kappa shape index (κ2) is 30.1. The minimum absolute atomic E-state index is 0.729. The van der Waals surface area contributed by atoms with Gasteiger partial charge in [-0.2, -0.15) is 0 Å². The third kappa shape index (κ3) is 14.3. The summed E-state index contributed by atoms with van der Waals surface area (Å²) in [5, 5.41) is 230. The third-order valence-corrected chi connectivity index (χ3v) is 15.7. The Hall–Kier alpha value is -2.51. The smallest absolute Gasteiger partial charge is 0.187 e. The van der Waals surface area contributed by atoms with Crippen molar-refractivity contribution in [3.05, 3.63) is 35.9 Å². The van der Waals surface area contributed by atoms with Crippen LogP contribution >= 0.6 is 0 Å². The molecule has 85 heavy (non-hydrogen) atoms. The van der Waals surface area contributed by atoms with Gasteiger partial charge in [0.15, 0.2) is 44.0 Å². The van der Waals surface area contributed by atoms with Gasteiger partial charge in [-0.25, -0.2) is 0 Å². The molecule has 0 aliphatic carbocycles. The molecule has 22 rings (SSSR count). The van der Waals surface area contributed by atoms with Gasteiger partial charge in [0.1, 0.15) is 177 Å². The molecule has 21 N–H and O–H groups in total. The highest BCUT2D eigenvalue weighted by molar-refractivity contribution is 5.74. The van der Waals surface area contributed by atoms with E-state index in [0.29, 0.717) is 0 Å². The van der Waals surface area contributed by atoms with Crippen molar-refractivity contribution in [3.63, 3.8) is 0 Å². The predicted octanol–water partition coefficient (Wildman–Crippen LogP) is -13.7. The van der Waals surface area contributed by atoms with Crippen molar-refractivity contribution >= 4 is 6.29 Å². The van der Waals surface area contributed by atoms with Crippen molar-refractivity contribution in [2.24, 2.45) is 0 Å². The van der Waals surface area contributed by atoms with Crippen molar-refractivity contribution in [1.82, 2.24) is 0 Å². The van der Waals surface area contributed by atoms with E-state index in [2.05, 4.69) is 0 Å². The lowest BCUT2D eigenvalue weighted by Gasteiger charge is -2.50. The molecule has 35 atom stereocenters. The van der Waals surface area contributed by atoms with Crippen LogP contribution in [0.2, 0.25) is 0 Å². The van der Waals surface area contributed by atoms with E-state index in [0.717, 1.165) is 11.8 Å². The number of rotatable bonds is 8. The minimum atomic E-state index is -2.21. The van der Waals surface area contributed by atoms with Crippen molar-refractivity contribution < 1.29 is 178 Å². The number of aldehydes is 1. The number of aliphatic hydroxyl groups excluding tert-OH is 21. The van der Waals surface area contributed by atoms with E-state index in [1.165, 1.54) is 0 Å². The van der Waals surface area contributed by atoms with E-state index in [1.54, 1.807) is 12.1 Å². The summed E-state index contributed by atoms with van der Waals surface area (Å²) in [4.78, 5) is 10.0. The Bertz CT molecular complexity index is 1810. The standard InChI is InChI=1S/C42H70O35.C7H6O/c43-1-8-29-15(50)22(57)36(64-8)72-30-9(2-44)66-38(24(59)17(30)52)74-32-11(4-46)68-40(26(61)19(32)54)76-34-13(6-48)70-42(28(63)21(34)56)77-35-14(7-49)69-41(27(62)20(35)55)75-33-12(5-47)67-39(25(60)18(33)53)73-31-10(3-45)65-37(71-29)23(58)16(31)51;8-6-7-4-2-1-3-5-7/h8-63H,1-7H2;1-6H/t8-,9-,10-,11-,12-,13-,14-,15-,16-,17-,18-,19-,20-,21-,22-,23-,24-,25-,26-,27-,28+,29-,30-,31-,32-,33-,34-,35-,36-,37-,38-,39-,40-,41-,42-;/m0./s1. The Kier molecular flexibility index (Phi) is 24.2. The first-order valence-corrected chi connectivity index (χ1v) is 27.1. The van der Waals surface area contributed by atoms with Crippen LogP contribution in [0.25, 0.3) is 0 Å². The van der Waals surface area contributed by atoms with Crippen LogP contribution in [0.1, 0.15) is 10.4 Å². The molecule has 21 saturated heterocycles. The molecule has 21 aliphatic heterocycles. The topological polar surface area (TPSA) is 571 Å². The molecule has 0 amide bonds. The highest BCUT2D eigenvalue weighted by Gasteiger charge is 2.59. The second-order valence-corrected chi connectivity index (χ2v) is 21.2. The van der Waals surface area contributed by atoms with Gasteiger partial charge in [-0.05, 0) is 0 Å². The second-order valence-electron chi connectivity index (χ2n) is 21.2. The fraction of sp³-hybridized carbons (Fsp3) is 0.857. The SMILES string of the molecule is O=Cc1ccccc1.OC[C@@H]1O[C@H]2O[C@@H]3[C@@H](O)[C@H](O)[C@H](O[C@@H]4[C@@H](O)[C@H](O)[C@H](O[C@@H]5[C@@H](O)[C@@H](O)[C@H](O[C@@H]6[C@@H](O)[C@H](O)[C@H](O[C@@H]7[C@@H](O)[C@H](O)[C@H](O[C@@H]8[C@@H](O)[C@H](O)[C@H](O[C@@H]1[C@@H](O)[C@@H]2O)O[C@H]8CO)O[C@H]7CO)O[C@H]6CO)O[C@H]5CO)O[C@H]4CO)O[C@H]3CO. The first-order chi connectivity index (χ1) is 40.6. The first kappa shape index (κ1) is 68.4. The molecule has 0 spiro atoms. The lowest BCUT2D eigenvalue weighted by atomic mass is 9.95. The third-order valence-electron chi connectivity index (χ3n) is 15.7. The average Bonchev–Trinajstić information content (AvgIpc) is 2.24. The fourth-order valence-corrected chi connectivity index (χ4v) is 10.9. The van der Waals surface area contributed by atoms with Crippen LogP contribution in [0.15, 0.2) is 30.3 Å². The summed E-state index contributed by atoms with van der Waals surface area (Å²) in [5.74, 6) is 0. The Morgan fingerprint density at radius 2 is 0.400 bits per heavy atom. The monoisotopic (exact) mass is 1240 g/mol. The van der Waals surface area contributed by atoms with E-state index in [4.69, 9.17) is 66.3 Å². The Morgan fingerprint density at radius 3 is 0.518 bits per heavy atom. The molecule has 0 radical (unpaired) electrons. The van der Waals surface area contributed by atoms with Crippen molar-refractivity contribution in [1.29, 1.82) is 0 Å². The van der Waals surface area contributed by atoms with E-state index in [9.17, 15) is 112 Å². The van der Waals surface area contributed by atoms with Crippen LogP contribution in [-0.2, 0) is 66.3 Å². The van der Waals surface area contributed by atoms with Crippen LogP contribution in [0.4, 0.5) is 0 Å². The highest BCUT2D eigenvalue weighted by atomic mass is 16.8. The van der Waals surface area contributed by atoms with Crippen molar-refractivity contribution in [3.8, 4) is 0 Å². The molecular formula is C49H76O36. The molecule has 0 aromatic heterocycles. The zero-order valence-electron chi connectivity index (χ0n) is 44.6. The Morgan fingerprint density at radius 1 is 0.247 bits per heavy atom. The summed E-state index contributed by atoms with van der Waals surface area (Å²) in [6.45, 7) is -7.33. The number of hydrogen-bond donors (Lipinski definition) is 21. The lowest BCUT2D eigenvalue weighted by Crippen LogP contribution is -2.68. The van der Waals surface area contributed by atoms with E-state index in [1.807, 2.05) is 18.2 Å².